The molecular weight excluding hydrogens is 230 g/mol. The molecule has 6 nitrogen and oxygen atoms in total. The van der Waals surface area contributed by atoms with Gasteiger partial charge < -0.3 is 15.0 Å². The maximum absolute atomic E-state index is 9.19. The molecule has 2 rings (SSSR count). The molecule has 98 valence electrons. The van der Waals surface area contributed by atoms with Gasteiger partial charge in [0, 0.05) is 33.7 Å². The van der Waals surface area contributed by atoms with Crippen molar-refractivity contribution in [1.82, 2.24) is 15.1 Å². The summed E-state index contributed by atoms with van der Waals surface area (Å²) in [6.07, 6.45) is 0.158. The van der Waals surface area contributed by atoms with E-state index in [0.717, 1.165) is 37.8 Å². The first-order valence-electron chi connectivity index (χ1n) is 6.10. The largest absolute Gasteiger partial charge is 0.374 e. The molecule has 1 fully saturated rings. The number of rotatable bonds is 3. The summed E-state index contributed by atoms with van der Waals surface area (Å²) in [7, 11) is 3.83. The number of likely N-dealkylation sites (N-methyl/N-ethyl adjacent to an activating group) is 1. The van der Waals surface area contributed by atoms with Gasteiger partial charge in [-0.1, -0.05) is 0 Å². The maximum atomic E-state index is 9.19. The zero-order valence-electron chi connectivity index (χ0n) is 11.1. The van der Waals surface area contributed by atoms with Crippen LogP contribution in [0, 0.1) is 18.3 Å². The highest BCUT2D eigenvalue weighted by Crippen LogP contribution is 2.21. The summed E-state index contributed by atoms with van der Waals surface area (Å²) in [5, 5.41) is 16.8. The number of aryl methyl sites for hydroxylation is 2. The van der Waals surface area contributed by atoms with E-state index in [0.29, 0.717) is 5.56 Å². The van der Waals surface area contributed by atoms with Crippen molar-refractivity contribution in [1.29, 1.82) is 5.26 Å². The van der Waals surface area contributed by atoms with Crippen LogP contribution in [0.25, 0.3) is 0 Å². The first kappa shape index (κ1) is 12.9. The van der Waals surface area contributed by atoms with Crippen molar-refractivity contribution < 1.29 is 4.74 Å². The molecule has 6 heteroatoms. The van der Waals surface area contributed by atoms with Gasteiger partial charge in [-0.15, -0.1) is 0 Å². The second kappa shape index (κ2) is 5.38. The fraction of sp³-hybridized carbons (Fsp3) is 0.667. The molecule has 1 unspecified atom stereocenters. The molecular formula is C12H19N5O. The van der Waals surface area contributed by atoms with Crippen molar-refractivity contribution in [3.05, 3.63) is 11.3 Å². The van der Waals surface area contributed by atoms with E-state index in [1.807, 2.05) is 25.9 Å². The number of hydrogen-bond acceptors (Lipinski definition) is 5. The minimum absolute atomic E-state index is 0.158. The maximum Gasteiger partial charge on any atom is 0.144 e. The van der Waals surface area contributed by atoms with Crippen molar-refractivity contribution in [2.24, 2.45) is 7.05 Å². The van der Waals surface area contributed by atoms with Gasteiger partial charge in [-0.2, -0.15) is 10.4 Å². The van der Waals surface area contributed by atoms with Crippen molar-refractivity contribution in [3.63, 3.8) is 0 Å². The molecule has 0 radical (unpaired) electrons. The van der Waals surface area contributed by atoms with Gasteiger partial charge in [-0.05, 0) is 6.92 Å². The second-order valence-corrected chi connectivity index (χ2v) is 4.60. The Kier molecular flexibility index (Phi) is 3.84. The van der Waals surface area contributed by atoms with Gasteiger partial charge >= 0.3 is 0 Å². The monoisotopic (exact) mass is 249 g/mol. The third kappa shape index (κ3) is 2.47. The van der Waals surface area contributed by atoms with Crippen molar-refractivity contribution in [2.75, 3.05) is 38.2 Å². The Balaban J connectivity index is 2.13. The zero-order valence-corrected chi connectivity index (χ0v) is 11.1. The highest BCUT2D eigenvalue weighted by Gasteiger charge is 2.21. The summed E-state index contributed by atoms with van der Waals surface area (Å²) < 4.78 is 7.43. The van der Waals surface area contributed by atoms with Crippen LogP contribution in [-0.4, -0.2) is 49.2 Å². The molecule has 18 heavy (non-hydrogen) atoms. The van der Waals surface area contributed by atoms with E-state index in [2.05, 4.69) is 16.5 Å². The number of anilines is 1. The van der Waals surface area contributed by atoms with Crippen molar-refractivity contribution in [3.8, 4) is 6.07 Å². The minimum atomic E-state index is 0.158. The molecule has 0 spiro atoms. The summed E-state index contributed by atoms with van der Waals surface area (Å²) in [6.45, 7) is 5.11. The summed E-state index contributed by atoms with van der Waals surface area (Å²) in [4.78, 5) is 2.04. The van der Waals surface area contributed by atoms with Gasteiger partial charge in [0.25, 0.3) is 0 Å². The van der Waals surface area contributed by atoms with E-state index in [9.17, 15) is 5.26 Å². The Morgan fingerprint density at radius 2 is 2.44 bits per heavy atom. The Bertz CT molecular complexity index is 456. The molecule has 0 bridgehead atoms. The number of hydrogen-bond donors (Lipinski definition) is 1. The Morgan fingerprint density at radius 1 is 1.67 bits per heavy atom. The third-order valence-corrected chi connectivity index (χ3v) is 3.15. The van der Waals surface area contributed by atoms with Crippen molar-refractivity contribution >= 4 is 5.82 Å². The highest BCUT2D eigenvalue weighted by molar-refractivity contribution is 5.56. The molecule has 1 atom stereocenters. The van der Waals surface area contributed by atoms with E-state index in [4.69, 9.17) is 4.74 Å². The summed E-state index contributed by atoms with van der Waals surface area (Å²) >= 11 is 0. The van der Waals surface area contributed by atoms with Crippen molar-refractivity contribution in [2.45, 2.75) is 13.0 Å². The SMILES string of the molecule is Cc1nn(C)c(N(C)CC2CNCCO2)c1C#N. The van der Waals surface area contributed by atoms with Crippen LogP contribution >= 0.6 is 0 Å². The smallest absolute Gasteiger partial charge is 0.144 e. The quantitative estimate of drug-likeness (QED) is 0.818. The number of morpholine rings is 1. The molecule has 0 aliphatic carbocycles. The third-order valence-electron chi connectivity index (χ3n) is 3.15. The van der Waals surface area contributed by atoms with E-state index in [1.165, 1.54) is 0 Å². The average molecular weight is 249 g/mol. The average Bonchev–Trinajstić information content (AvgIpc) is 2.64. The Labute approximate surface area is 107 Å². The van der Waals surface area contributed by atoms with Gasteiger partial charge in [0.2, 0.25) is 0 Å². The number of ether oxygens (including phenoxy) is 1. The normalized spacial score (nSPS) is 19.6. The van der Waals surface area contributed by atoms with Gasteiger partial charge in [-0.25, -0.2) is 0 Å². The van der Waals surface area contributed by atoms with Gasteiger partial charge in [0.05, 0.1) is 18.4 Å². The fourth-order valence-corrected chi connectivity index (χ4v) is 2.34. The lowest BCUT2D eigenvalue weighted by atomic mass is 10.2. The number of nitrogens with zero attached hydrogens (tertiary/aromatic N) is 4. The summed E-state index contributed by atoms with van der Waals surface area (Å²) in [5.74, 6) is 0.851. The number of aromatic nitrogens is 2. The van der Waals surface area contributed by atoms with E-state index < -0.39 is 0 Å². The molecule has 1 aromatic heterocycles. The lowest BCUT2D eigenvalue weighted by Crippen LogP contribution is -2.44. The first-order valence-corrected chi connectivity index (χ1v) is 6.10. The molecule has 1 aliphatic heterocycles. The molecule has 0 aromatic carbocycles. The Morgan fingerprint density at radius 3 is 3.06 bits per heavy atom. The van der Waals surface area contributed by atoms with E-state index in [1.54, 1.807) is 4.68 Å². The number of nitriles is 1. The topological polar surface area (TPSA) is 66.1 Å². The molecule has 1 aliphatic rings. The van der Waals surface area contributed by atoms with Crippen LogP contribution < -0.4 is 10.2 Å². The van der Waals surface area contributed by atoms with Gasteiger partial charge in [-0.3, -0.25) is 4.68 Å². The van der Waals surface area contributed by atoms with Gasteiger partial charge in [0.15, 0.2) is 0 Å². The molecule has 0 saturated carbocycles. The lowest BCUT2D eigenvalue weighted by molar-refractivity contribution is 0.0338. The standard InChI is InChI=1S/C12H19N5O/c1-9-11(6-13)12(17(3)15-9)16(2)8-10-7-14-4-5-18-10/h10,14H,4-5,7-8H2,1-3H3. The molecule has 0 amide bonds. The van der Waals surface area contributed by atoms with Gasteiger partial charge in [0.1, 0.15) is 17.5 Å². The molecule has 2 heterocycles. The van der Waals surface area contributed by atoms with Crippen LogP contribution in [0.4, 0.5) is 5.82 Å². The van der Waals surface area contributed by atoms with Crippen LogP contribution in [0.3, 0.4) is 0 Å². The summed E-state index contributed by atoms with van der Waals surface area (Å²) in [5.41, 5.74) is 1.41. The van der Waals surface area contributed by atoms with Crippen LogP contribution in [0.2, 0.25) is 0 Å². The second-order valence-electron chi connectivity index (χ2n) is 4.60. The molecule has 1 saturated heterocycles. The predicted octanol–water partition coefficient (Wildman–Crippen LogP) is 0.0248. The van der Waals surface area contributed by atoms with Crippen LogP contribution in [0.1, 0.15) is 11.3 Å². The van der Waals surface area contributed by atoms with E-state index in [-0.39, 0.29) is 6.10 Å². The lowest BCUT2D eigenvalue weighted by Gasteiger charge is -2.29. The summed E-state index contributed by atoms with van der Waals surface area (Å²) in [6, 6.07) is 2.22. The highest BCUT2D eigenvalue weighted by atomic mass is 16.5. The first-order chi connectivity index (χ1) is 8.63. The number of nitrogens with one attached hydrogen (secondary N) is 1. The Hall–Kier alpha value is -1.58. The fourth-order valence-electron chi connectivity index (χ4n) is 2.34. The zero-order chi connectivity index (χ0) is 13.1. The van der Waals surface area contributed by atoms with Crippen LogP contribution in [-0.2, 0) is 11.8 Å². The molecule has 1 N–H and O–H groups in total. The predicted molar refractivity (Wildman–Crippen MR) is 68.5 cm³/mol. The molecule has 1 aromatic rings. The van der Waals surface area contributed by atoms with E-state index >= 15 is 0 Å². The van der Waals surface area contributed by atoms with Crippen LogP contribution in [0.15, 0.2) is 0 Å². The van der Waals surface area contributed by atoms with Crippen LogP contribution in [0.5, 0.6) is 0 Å². The minimum Gasteiger partial charge on any atom is -0.374 e.